The summed E-state index contributed by atoms with van der Waals surface area (Å²) in [5.74, 6) is 1.40. The fourth-order valence-electron chi connectivity index (χ4n) is 3.23. The third kappa shape index (κ3) is 4.35. The smallest absolute Gasteiger partial charge is 0.196 e. The van der Waals surface area contributed by atoms with Gasteiger partial charge >= 0.3 is 0 Å². The lowest BCUT2D eigenvalue weighted by molar-refractivity contribution is 0.224. The number of piperidine rings is 1. The van der Waals surface area contributed by atoms with Crippen molar-refractivity contribution in [2.75, 3.05) is 20.1 Å². The topological polar surface area (TPSA) is 91.7 Å². The number of nitrogens with zero attached hydrogens (tertiary/aromatic N) is 2. The van der Waals surface area contributed by atoms with Gasteiger partial charge in [0.2, 0.25) is 0 Å². The first-order valence-corrected chi connectivity index (χ1v) is 7.77. The number of hydrogen-bond donors (Lipinski definition) is 4. The van der Waals surface area contributed by atoms with E-state index in [0.29, 0.717) is 12.0 Å². The molecule has 0 saturated carbocycles. The summed E-state index contributed by atoms with van der Waals surface area (Å²) in [4.78, 5) is 6.74. The molecule has 2 rings (SSSR count). The quantitative estimate of drug-likeness (QED) is 0.609. The molecule has 120 valence electrons. The second-order valence-corrected chi connectivity index (χ2v) is 7.45. The molecule has 6 N–H and O–H groups in total. The summed E-state index contributed by atoms with van der Waals surface area (Å²) in [5.41, 5.74) is 11.8. The van der Waals surface area contributed by atoms with Crippen LogP contribution >= 0.6 is 0 Å². The van der Waals surface area contributed by atoms with Gasteiger partial charge in [0.15, 0.2) is 5.96 Å². The Balaban J connectivity index is 2.17. The van der Waals surface area contributed by atoms with E-state index < -0.39 is 5.66 Å². The van der Waals surface area contributed by atoms with Crippen molar-refractivity contribution >= 4 is 5.96 Å². The van der Waals surface area contributed by atoms with E-state index in [2.05, 4.69) is 41.3 Å². The van der Waals surface area contributed by atoms with Crippen LogP contribution in [0, 0.1) is 5.41 Å². The Bertz CT molecular complexity index is 436. The highest BCUT2D eigenvalue weighted by Crippen LogP contribution is 2.30. The Morgan fingerprint density at radius 3 is 2.86 bits per heavy atom. The number of aliphatic imine (C=N–C) groups is 1. The first-order valence-electron chi connectivity index (χ1n) is 7.77. The summed E-state index contributed by atoms with van der Waals surface area (Å²) in [6.45, 7) is 8.49. The summed E-state index contributed by atoms with van der Waals surface area (Å²) >= 11 is 0. The van der Waals surface area contributed by atoms with Crippen molar-refractivity contribution in [3.63, 3.8) is 0 Å². The monoisotopic (exact) mass is 294 g/mol. The van der Waals surface area contributed by atoms with Crippen molar-refractivity contribution < 1.29 is 0 Å². The summed E-state index contributed by atoms with van der Waals surface area (Å²) in [7, 11) is 2.01. The number of nitrogens with one attached hydrogen (secondary N) is 2. The van der Waals surface area contributed by atoms with Crippen LogP contribution in [0.1, 0.15) is 40.0 Å². The molecular formula is C15H30N6. The van der Waals surface area contributed by atoms with Crippen molar-refractivity contribution in [3.05, 3.63) is 11.9 Å². The third-order valence-electron chi connectivity index (χ3n) is 3.96. The van der Waals surface area contributed by atoms with E-state index in [4.69, 9.17) is 11.5 Å². The van der Waals surface area contributed by atoms with E-state index in [1.807, 2.05) is 13.1 Å². The van der Waals surface area contributed by atoms with Gasteiger partial charge in [0.1, 0.15) is 11.5 Å². The van der Waals surface area contributed by atoms with Gasteiger partial charge in [-0.05, 0) is 37.8 Å². The summed E-state index contributed by atoms with van der Waals surface area (Å²) < 4.78 is 0. The van der Waals surface area contributed by atoms with Gasteiger partial charge in [0.05, 0.1) is 0 Å². The number of rotatable bonds is 3. The van der Waals surface area contributed by atoms with Gasteiger partial charge in [-0.15, -0.1) is 0 Å². The van der Waals surface area contributed by atoms with Crippen molar-refractivity contribution in [1.82, 2.24) is 15.5 Å². The molecule has 2 atom stereocenters. The maximum absolute atomic E-state index is 6.47. The predicted octanol–water partition coefficient (Wildman–Crippen LogP) is 0.521. The van der Waals surface area contributed by atoms with Gasteiger partial charge in [-0.2, -0.15) is 0 Å². The van der Waals surface area contributed by atoms with Gasteiger partial charge in [-0.3, -0.25) is 0 Å². The molecule has 0 aromatic heterocycles. The van der Waals surface area contributed by atoms with Crippen LogP contribution in [0.2, 0.25) is 0 Å². The van der Waals surface area contributed by atoms with E-state index >= 15 is 0 Å². The van der Waals surface area contributed by atoms with Gasteiger partial charge in [0.25, 0.3) is 0 Å². The van der Waals surface area contributed by atoms with Gasteiger partial charge < -0.3 is 27.0 Å². The first-order chi connectivity index (χ1) is 9.71. The number of nitrogens with two attached hydrogens (primary N) is 2. The number of likely N-dealkylation sites (tertiary alicyclic amines) is 1. The Morgan fingerprint density at radius 1 is 1.52 bits per heavy atom. The molecule has 2 aliphatic heterocycles. The highest BCUT2D eigenvalue weighted by atomic mass is 15.3. The minimum absolute atomic E-state index is 0.0902. The zero-order valence-corrected chi connectivity index (χ0v) is 13.7. The molecule has 6 heteroatoms. The Kier molecular flexibility index (Phi) is 4.49. The summed E-state index contributed by atoms with van der Waals surface area (Å²) in [6, 6.07) is 0.510. The molecule has 2 unspecified atom stereocenters. The molecule has 21 heavy (non-hydrogen) atoms. The van der Waals surface area contributed by atoms with Crippen LogP contribution < -0.4 is 22.1 Å². The normalized spacial score (nSPS) is 30.5. The highest BCUT2D eigenvalue weighted by molar-refractivity contribution is 5.81. The van der Waals surface area contributed by atoms with E-state index in [9.17, 15) is 0 Å². The molecule has 2 heterocycles. The van der Waals surface area contributed by atoms with E-state index in [1.165, 1.54) is 12.8 Å². The largest absolute Gasteiger partial charge is 0.370 e. The maximum Gasteiger partial charge on any atom is 0.196 e. The fraction of sp³-hybridized carbons (Fsp3) is 0.800. The second-order valence-electron chi connectivity index (χ2n) is 7.45. The highest BCUT2D eigenvalue weighted by Gasteiger charge is 2.33. The average molecular weight is 294 g/mol. The number of hydrogen-bond acceptors (Lipinski definition) is 6. The summed E-state index contributed by atoms with van der Waals surface area (Å²) in [6.07, 6.45) is 5.17. The molecule has 0 spiro atoms. The number of guanidine groups is 1. The van der Waals surface area contributed by atoms with Gasteiger partial charge in [0, 0.05) is 19.1 Å². The van der Waals surface area contributed by atoms with Gasteiger partial charge in [-0.1, -0.05) is 20.8 Å². The van der Waals surface area contributed by atoms with Crippen LogP contribution in [0.4, 0.5) is 0 Å². The molecule has 0 aromatic rings. The van der Waals surface area contributed by atoms with Gasteiger partial charge in [-0.25, -0.2) is 4.99 Å². The van der Waals surface area contributed by atoms with Crippen LogP contribution in [0.25, 0.3) is 0 Å². The fourth-order valence-corrected chi connectivity index (χ4v) is 3.23. The first kappa shape index (κ1) is 16.1. The van der Waals surface area contributed by atoms with Crippen LogP contribution in [0.3, 0.4) is 0 Å². The van der Waals surface area contributed by atoms with Crippen molar-refractivity contribution in [2.24, 2.45) is 21.9 Å². The molecule has 2 aliphatic rings. The zero-order valence-electron chi connectivity index (χ0n) is 13.7. The zero-order chi connectivity index (χ0) is 15.7. The minimum atomic E-state index is -0.727. The van der Waals surface area contributed by atoms with Crippen molar-refractivity contribution in [2.45, 2.75) is 51.7 Å². The number of likely N-dealkylation sites (N-methyl/N-ethyl adjacent to an activating group) is 1. The Morgan fingerprint density at radius 2 is 2.24 bits per heavy atom. The molecule has 0 amide bonds. The van der Waals surface area contributed by atoms with Crippen LogP contribution in [0.15, 0.2) is 16.9 Å². The van der Waals surface area contributed by atoms with E-state index in [-0.39, 0.29) is 5.41 Å². The molecule has 0 aromatic carbocycles. The van der Waals surface area contributed by atoms with Crippen LogP contribution in [-0.2, 0) is 0 Å². The van der Waals surface area contributed by atoms with Crippen LogP contribution in [-0.4, -0.2) is 42.7 Å². The third-order valence-corrected chi connectivity index (χ3v) is 3.96. The van der Waals surface area contributed by atoms with E-state index in [1.54, 1.807) is 0 Å². The molecule has 1 fully saturated rings. The molecule has 0 aliphatic carbocycles. The molecule has 1 saturated heterocycles. The average Bonchev–Trinajstić information content (AvgIpc) is 2.35. The summed E-state index contributed by atoms with van der Waals surface area (Å²) in [5, 5.41) is 6.53. The standard InChI is InChI=1S/C15H30N6/c1-14(2,3)10-15(17)8-12(19-13(16)20-15)21-7-5-6-11(9-21)18-4/h8,11,18H,5-7,9-10,17H2,1-4H3,(H3,16,19,20). The van der Waals surface area contributed by atoms with Crippen molar-refractivity contribution in [3.8, 4) is 0 Å². The van der Waals surface area contributed by atoms with E-state index in [0.717, 1.165) is 25.3 Å². The lowest BCUT2D eigenvalue weighted by atomic mass is 9.84. The Hall–Kier alpha value is -1.27. The van der Waals surface area contributed by atoms with Crippen molar-refractivity contribution in [1.29, 1.82) is 0 Å². The van der Waals surface area contributed by atoms with Crippen LogP contribution in [0.5, 0.6) is 0 Å². The molecular weight excluding hydrogens is 264 g/mol. The lowest BCUT2D eigenvalue weighted by Gasteiger charge is -2.40. The maximum atomic E-state index is 6.47. The lowest BCUT2D eigenvalue weighted by Crippen LogP contribution is -2.54. The SMILES string of the molecule is CNC1CCCN(C2=CC(N)(CC(C)(C)C)N=C(N)N2)C1. The second kappa shape index (κ2) is 5.85. The Labute approximate surface area is 128 Å². The minimum Gasteiger partial charge on any atom is -0.370 e. The molecule has 0 bridgehead atoms. The molecule has 6 nitrogen and oxygen atoms in total. The predicted molar refractivity (Wildman–Crippen MR) is 87.5 cm³/mol. The molecule has 0 radical (unpaired) electrons.